The topological polar surface area (TPSA) is 49.4 Å². The van der Waals surface area contributed by atoms with Crippen molar-refractivity contribution in [3.8, 4) is 0 Å². The Labute approximate surface area is 134 Å². The van der Waals surface area contributed by atoms with Crippen molar-refractivity contribution in [3.05, 3.63) is 35.4 Å². The molecule has 1 aromatic rings. The van der Waals surface area contributed by atoms with Gasteiger partial charge in [-0.25, -0.2) is 0 Å². The standard InChI is InChI=1S/C16H21BrN2O2/c1-12(16(21)19-9-3-2-4-10-19)18-15(20)14-7-5-13(11-17)6-8-14/h5-8,12H,2-4,9-11H2,1H3,(H,18,20). The smallest absolute Gasteiger partial charge is 0.251 e. The summed E-state index contributed by atoms with van der Waals surface area (Å²) in [5, 5.41) is 3.55. The molecule has 0 aromatic heterocycles. The molecule has 1 saturated heterocycles. The second-order valence-electron chi connectivity index (χ2n) is 5.41. The molecule has 1 N–H and O–H groups in total. The zero-order chi connectivity index (χ0) is 15.2. The minimum atomic E-state index is -0.480. The van der Waals surface area contributed by atoms with Crippen molar-refractivity contribution < 1.29 is 9.59 Å². The molecule has 1 aliphatic heterocycles. The SMILES string of the molecule is CC(NC(=O)c1ccc(CBr)cc1)C(=O)N1CCCCC1. The van der Waals surface area contributed by atoms with Gasteiger partial charge >= 0.3 is 0 Å². The second kappa shape index (κ2) is 7.59. The molecule has 4 nitrogen and oxygen atoms in total. The largest absolute Gasteiger partial charge is 0.341 e. The molecule has 0 bridgehead atoms. The molecule has 2 amide bonds. The zero-order valence-electron chi connectivity index (χ0n) is 12.3. The molecule has 0 spiro atoms. The van der Waals surface area contributed by atoms with Crippen molar-refractivity contribution in [2.45, 2.75) is 37.6 Å². The molecule has 21 heavy (non-hydrogen) atoms. The van der Waals surface area contributed by atoms with Crippen LogP contribution in [0.25, 0.3) is 0 Å². The maximum atomic E-state index is 12.3. The van der Waals surface area contributed by atoms with E-state index >= 15 is 0 Å². The summed E-state index contributed by atoms with van der Waals surface area (Å²) in [6, 6.07) is 6.89. The fourth-order valence-corrected chi connectivity index (χ4v) is 2.85. The fourth-order valence-electron chi connectivity index (χ4n) is 2.48. The van der Waals surface area contributed by atoms with E-state index in [9.17, 15) is 9.59 Å². The number of nitrogens with one attached hydrogen (secondary N) is 1. The first-order valence-corrected chi connectivity index (χ1v) is 8.48. The highest BCUT2D eigenvalue weighted by Crippen LogP contribution is 2.11. The Bertz CT molecular complexity index is 496. The van der Waals surface area contributed by atoms with Crippen LogP contribution in [-0.4, -0.2) is 35.8 Å². The molecule has 1 aromatic carbocycles. The van der Waals surface area contributed by atoms with E-state index in [0.717, 1.165) is 36.8 Å². The first-order chi connectivity index (χ1) is 10.1. The summed E-state index contributed by atoms with van der Waals surface area (Å²) in [6.07, 6.45) is 3.30. The van der Waals surface area contributed by atoms with Gasteiger partial charge in [0, 0.05) is 24.0 Å². The zero-order valence-corrected chi connectivity index (χ0v) is 13.9. The highest BCUT2D eigenvalue weighted by Gasteiger charge is 2.23. The molecule has 1 atom stereocenters. The molecule has 2 rings (SSSR count). The van der Waals surface area contributed by atoms with Crippen molar-refractivity contribution in [2.24, 2.45) is 0 Å². The van der Waals surface area contributed by atoms with Crippen LogP contribution in [0.3, 0.4) is 0 Å². The van der Waals surface area contributed by atoms with Crippen molar-refractivity contribution >= 4 is 27.7 Å². The van der Waals surface area contributed by atoms with Crippen LogP contribution in [0.4, 0.5) is 0 Å². The average Bonchev–Trinajstić information content (AvgIpc) is 2.55. The Hall–Kier alpha value is -1.36. The Kier molecular flexibility index (Phi) is 5.79. The maximum absolute atomic E-state index is 12.3. The molecule has 5 heteroatoms. The van der Waals surface area contributed by atoms with Crippen LogP contribution in [0.2, 0.25) is 0 Å². The third-order valence-electron chi connectivity index (χ3n) is 3.76. The molecule has 114 valence electrons. The van der Waals surface area contributed by atoms with Gasteiger partial charge in [0.1, 0.15) is 6.04 Å². The van der Waals surface area contributed by atoms with Gasteiger partial charge in [0.2, 0.25) is 5.91 Å². The van der Waals surface area contributed by atoms with Crippen LogP contribution in [-0.2, 0) is 10.1 Å². The van der Waals surface area contributed by atoms with Crippen molar-refractivity contribution in [3.63, 3.8) is 0 Å². The fraction of sp³-hybridized carbons (Fsp3) is 0.500. The van der Waals surface area contributed by atoms with E-state index in [0.29, 0.717) is 5.56 Å². The Morgan fingerprint density at radius 3 is 2.38 bits per heavy atom. The third kappa shape index (κ3) is 4.30. The number of amides is 2. The van der Waals surface area contributed by atoms with E-state index in [-0.39, 0.29) is 11.8 Å². The Balaban J connectivity index is 1.92. The second-order valence-corrected chi connectivity index (χ2v) is 5.97. The monoisotopic (exact) mass is 352 g/mol. The molecule has 1 heterocycles. The first kappa shape index (κ1) is 16.0. The van der Waals surface area contributed by atoms with E-state index in [2.05, 4.69) is 21.2 Å². The number of piperidine rings is 1. The van der Waals surface area contributed by atoms with Crippen LogP contribution in [0.1, 0.15) is 42.1 Å². The Morgan fingerprint density at radius 2 is 1.81 bits per heavy atom. The lowest BCUT2D eigenvalue weighted by Gasteiger charge is -2.29. The number of benzene rings is 1. The van der Waals surface area contributed by atoms with Gasteiger partial charge in [0.25, 0.3) is 5.91 Å². The normalized spacial score (nSPS) is 16.4. The van der Waals surface area contributed by atoms with Gasteiger partial charge in [-0.2, -0.15) is 0 Å². The number of carbonyl (C=O) groups is 2. The van der Waals surface area contributed by atoms with E-state index in [1.54, 1.807) is 19.1 Å². The highest BCUT2D eigenvalue weighted by molar-refractivity contribution is 9.08. The summed E-state index contributed by atoms with van der Waals surface area (Å²) in [5.41, 5.74) is 1.70. The van der Waals surface area contributed by atoms with Gasteiger partial charge in [-0.15, -0.1) is 0 Å². The molecule has 0 saturated carbocycles. The number of alkyl halides is 1. The van der Waals surface area contributed by atoms with Crippen molar-refractivity contribution in [1.82, 2.24) is 10.2 Å². The lowest BCUT2D eigenvalue weighted by atomic mass is 10.1. The molecule has 0 aliphatic carbocycles. The van der Waals surface area contributed by atoms with Gasteiger partial charge in [-0.1, -0.05) is 28.1 Å². The average molecular weight is 353 g/mol. The predicted octanol–water partition coefficient (Wildman–Crippen LogP) is 2.71. The van der Waals surface area contributed by atoms with Gasteiger partial charge in [-0.05, 0) is 43.9 Å². The summed E-state index contributed by atoms with van der Waals surface area (Å²) >= 11 is 3.37. The number of likely N-dealkylation sites (tertiary alicyclic amines) is 1. The van der Waals surface area contributed by atoms with Crippen LogP contribution < -0.4 is 5.32 Å². The molecule has 1 fully saturated rings. The summed E-state index contributed by atoms with van der Waals surface area (Å²) in [6.45, 7) is 3.36. The number of hydrogen-bond acceptors (Lipinski definition) is 2. The highest BCUT2D eigenvalue weighted by atomic mass is 79.9. The van der Waals surface area contributed by atoms with Crippen LogP contribution in [0, 0.1) is 0 Å². The lowest BCUT2D eigenvalue weighted by Crippen LogP contribution is -2.48. The van der Waals surface area contributed by atoms with Crippen LogP contribution >= 0.6 is 15.9 Å². The quantitative estimate of drug-likeness (QED) is 0.847. The van der Waals surface area contributed by atoms with Gasteiger partial charge in [-0.3, -0.25) is 9.59 Å². The predicted molar refractivity (Wildman–Crippen MR) is 86.4 cm³/mol. The van der Waals surface area contributed by atoms with Gasteiger partial charge < -0.3 is 10.2 Å². The summed E-state index contributed by atoms with van der Waals surface area (Å²) in [5.74, 6) is -0.186. The summed E-state index contributed by atoms with van der Waals surface area (Å²) < 4.78 is 0. The number of hydrogen-bond donors (Lipinski definition) is 1. The van der Waals surface area contributed by atoms with Gasteiger partial charge in [0.05, 0.1) is 0 Å². The molecular formula is C16H21BrN2O2. The number of rotatable bonds is 4. The van der Waals surface area contributed by atoms with E-state index in [1.807, 2.05) is 17.0 Å². The van der Waals surface area contributed by atoms with Crippen molar-refractivity contribution in [2.75, 3.05) is 13.1 Å². The number of nitrogens with zero attached hydrogens (tertiary/aromatic N) is 1. The maximum Gasteiger partial charge on any atom is 0.251 e. The number of halogens is 1. The van der Waals surface area contributed by atoms with E-state index < -0.39 is 6.04 Å². The summed E-state index contributed by atoms with van der Waals surface area (Å²) in [4.78, 5) is 26.3. The van der Waals surface area contributed by atoms with Gasteiger partial charge in [0.15, 0.2) is 0 Å². The lowest BCUT2D eigenvalue weighted by molar-refractivity contribution is -0.133. The first-order valence-electron chi connectivity index (χ1n) is 7.36. The molecule has 0 radical (unpaired) electrons. The molecule has 1 unspecified atom stereocenters. The minimum absolute atomic E-state index is 0.0140. The van der Waals surface area contributed by atoms with Crippen LogP contribution in [0.15, 0.2) is 24.3 Å². The Morgan fingerprint density at radius 1 is 1.19 bits per heavy atom. The van der Waals surface area contributed by atoms with E-state index in [4.69, 9.17) is 0 Å². The van der Waals surface area contributed by atoms with E-state index in [1.165, 1.54) is 6.42 Å². The molecular weight excluding hydrogens is 332 g/mol. The molecule has 1 aliphatic rings. The van der Waals surface area contributed by atoms with Crippen molar-refractivity contribution in [1.29, 1.82) is 0 Å². The minimum Gasteiger partial charge on any atom is -0.341 e. The number of carbonyl (C=O) groups excluding carboxylic acids is 2. The third-order valence-corrected chi connectivity index (χ3v) is 4.40. The van der Waals surface area contributed by atoms with Crippen LogP contribution in [0.5, 0.6) is 0 Å². The summed E-state index contributed by atoms with van der Waals surface area (Å²) in [7, 11) is 0.